The fourth-order valence-electron chi connectivity index (χ4n) is 2.70. The molecular weight excluding hydrogens is 347 g/mol. The second-order valence-corrected chi connectivity index (χ2v) is 6.86. The minimum absolute atomic E-state index is 0.0360. The number of hydrogen-bond acceptors (Lipinski definition) is 4. The quantitative estimate of drug-likeness (QED) is 0.896. The molecule has 3 nitrogen and oxygen atoms in total. The third-order valence-electron chi connectivity index (χ3n) is 3.77. The van der Waals surface area contributed by atoms with Gasteiger partial charge < -0.3 is 5.32 Å². The fourth-order valence-corrected chi connectivity index (χ4v) is 3.77. The summed E-state index contributed by atoms with van der Waals surface area (Å²) in [7, 11) is 0. The Kier molecular flexibility index (Phi) is 4.91. The van der Waals surface area contributed by atoms with Gasteiger partial charge in [0.05, 0.1) is 0 Å². The van der Waals surface area contributed by atoms with Crippen molar-refractivity contribution in [2.24, 2.45) is 0 Å². The summed E-state index contributed by atoms with van der Waals surface area (Å²) >= 11 is 6.98. The predicted molar refractivity (Wildman–Crippen MR) is 84.6 cm³/mol. The van der Waals surface area contributed by atoms with Crippen LogP contribution in [0.2, 0.25) is 5.02 Å². The standard InChI is InChI=1S/C15H15ClF3N3S/c16-12-4-2-1-3-11(12)13-8-20-5-6-22(13)9-10-7-21-14(23-10)15(17,18)19/h1-4,7,13,20H,5-6,8-9H2. The van der Waals surface area contributed by atoms with Crippen molar-refractivity contribution in [2.45, 2.75) is 18.8 Å². The van der Waals surface area contributed by atoms with E-state index < -0.39 is 11.2 Å². The lowest BCUT2D eigenvalue weighted by Gasteiger charge is -2.36. The summed E-state index contributed by atoms with van der Waals surface area (Å²) in [6.07, 6.45) is -3.06. The number of halogens is 4. The lowest BCUT2D eigenvalue weighted by atomic mass is 10.0. The summed E-state index contributed by atoms with van der Waals surface area (Å²) < 4.78 is 38.0. The van der Waals surface area contributed by atoms with Crippen LogP contribution in [0.5, 0.6) is 0 Å². The zero-order valence-electron chi connectivity index (χ0n) is 12.1. The molecule has 0 bridgehead atoms. The first kappa shape index (κ1) is 16.7. The molecular formula is C15H15ClF3N3S. The molecule has 124 valence electrons. The number of nitrogens with one attached hydrogen (secondary N) is 1. The number of alkyl halides is 3. The van der Waals surface area contributed by atoms with Crippen LogP contribution in [0.1, 0.15) is 21.5 Å². The monoisotopic (exact) mass is 361 g/mol. The van der Waals surface area contributed by atoms with Crippen molar-refractivity contribution < 1.29 is 13.2 Å². The second kappa shape index (κ2) is 6.76. The van der Waals surface area contributed by atoms with E-state index in [0.29, 0.717) is 34.3 Å². The highest BCUT2D eigenvalue weighted by atomic mass is 35.5. The van der Waals surface area contributed by atoms with Gasteiger partial charge in [0.15, 0.2) is 5.01 Å². The van der Waals surface area contributed by atoms with Gasteiger partial charge in [-0.3, -0.25) is 4.90 Å². The molecule has 1 aliphatic heterocycles. The highest BCUT2D eigenvalue weighted by Crippen LogP contribution is 2.34. The smallest absolute Gasteiger partial charge is 0.314 e. The Balaban J connectivity index is 1.80. The van der Waals surface area contributed by atoms with Crippen molar-refractivity contribution in [2.75, 3.05) is 19.6 Å². The summed E-state index contributed by atoms with van der Waals surface area (Å²) in [6.45, 7) is 2.70. The highest BCUT2D eigenvalue weighted by Gasteiger charge is 2.35. The number of benzene rings is 1. The first-order valence-electron chi connectivity index (χ1n) is 7.16. The van der Waals surface area contributed by atoms with Gasteiger partial charge in [-0.1, -0.05) is 29.8 Å². The third kappa shape index (κ3) is 3.85. The summed E-state index contributed by atoms with van der Waals surface area (Å²) in [4.78, 5) is 6.25. The van der Waals surface area contributed by atoms with E-state index in [1.54, 1.807) is 0 Å². The van der Waals surface area contributed by atoms with E-state index in [9.17, 15) is 13.2 Å². The number of aromatic nitrogens is 1. The number of hydrogen-bond donors (Lipinski definition) is 1. The maximum absolute atomic E-state index is 12.7. The van der Waals surface area contributed by atoms with Crippen LogP contribution in [-0.4, -0.2) is 29.5 Å². The molecule has 1 fully saturated rings. The van der Waals surface area contributed by atoms with Gasteiger partial charge in [-0.05, 0) is 11.6 Å². The van der Waals surface area contributed by atoms with E-state index in [1.807, 2.05) is 24.3 Å². The Morgan fingerprint density at radius 2 is 2.13 bits per heavy atom. The predicted octanol–water partition coefficient (Wildman–Crippen LogP) is 3.96. The van der Waals surface area contributed by atoms with Crippen LogP contribution in [0, 0.1) is 0 Å². The van der Waals surface area contributed by atoms with Gasteiger partial charge in [-0.2, -0.15) is 13.2 Å². The first-order valence-corrected chi connectivity index (χ1v) is 8.35. The molecule has 0 amide bonds. The summed E-state index contributed by atoms with van der Waals surface area (Å²) in [6, 6.07) is 7.61. The lowest BCUT2D eigenvalue weighted by Crippen LogP contribution is -2.45. The first-order chi connectivity index (χ1) is 10.9. The molecule has 2 heterocycles. The highest BCUT2D eigenvalue weighted by molar-refractivity contribution is 7.11. The van der Waals surface area contributed by atoms with E-state index in [1.165, 1.54) is 6.20 Å². The minimum Gasteiger partial charge on any atom is -0.314 e. The molecule has 23 heavy (non-hydrogen) atoms. The summed E-state index contributed by atoms with van der Waals surface area (Å²) in [5.41, 5.74) is 0.988. The average molecular weight is 362 g/mol. The van der Waals surface area contributed by atoms with Crippen molar-refractivity contribution in [3.8, 4) is 0 Å². The van der Waals surface area contributed by atoms with Crippen molar-refractivity contribution in [3.63, 3.8) is 0 Å². The van der Waals surface area contributed by atoms with Crippen LogP contribution in [0.4, 0.5) is 13.2 Å². The van der Waals surface area contributed by atoms with E-state index in [-0.39, 0.29) is 6.04 Å². The Bertz CT molecular complexity index is 674. The molecule has 1 aliphatic rings. The number of nitrogens with zero attached hydrogens (tertiary/aromatic N) is 2. The molecule has 1 unspecified atom stereocenters. The van der Waals surface area contributed by atoms with Crippen LogP contribution < -0.4 is 5.32 Å². The molecule has 1 saturated heterocycles. The Labute approximate surface area is 141 Å². The van der Waals surface area contributed by atoms with Gasteiger partial charge in [-0.15, -0.1) is 11.3 Å². The fraction of sp³-hybridized carbons (Fsp3) is 0.400. The van der Waals surface area contributed by atoms with Crippen LogP contribution >= 0.6 is 22.9 Å². The van der Waals surface area contributed by atoms with Crippen molar-refractivity contribution in [1.29, 1.82) is 0 Å². The number of piperazine rings is 1. The normalized spacial score (nSPS) is 19.9. The van der Waals surface area contributed by atoms with Gasteiger partial charge in [-0.25, -0.2) is 4.98 Å². The van der Waals surface area contributed by atoms with Crippen LogP contribution in [0.3, 0.4) is 0 Å². The molecule has 3 rings (SSSR count). The number of rotatable bonds is 3. The summed E-state index contributed by atoms with van der Waals surface area (Å²) in [5, 5.41) is 3.19. The molecule has 1 aromatic carbocycles. The topological polar surface area (TPSA) is 28.2 Å². The molecule has 0 aliphatic carbocycles. The lowest BCUT2D eigenvalue weighted by molar-refractivity contribution is -0.137. The Hall–Kier alpha value is -1.15. The molecule has 0 spiro atoms. The van der Waals surface area contributed by atoms with E-state index >= 15 is 0 Å². The largest absolute Gasteiger partial charge is 0.443 e. The van der Waals surface area contributed by atoms with E-state index in [0.717, 1.165) is 18.7 Å². The molecule has 1 N–H and O–H groups in total. The van der Waals surface area contributed by atoms with Crippen LogP contribution in [-0.2, 0) is 12.7 Å². The van der Waals surface area contributed by atoms with Crippen molar-refractivity contribution in [1.82, 2.24) is 15.2 Å². The van der Waals surface area contributed by atoms with Gasteiger partial charge in [0.1, 0.15) is 0 Å². The summed E-state index contributed by atoms with van der Waals surface area (Å²) in [5.74, 6) is 0. The van der Waals surface area contributed by atoms with Crippen molar-refractivity contribution >= 4 is 22.9 Å². The molecule has 2 aromatic rings. The van der Waals surface area contributed by atoms with Gasteiger partial charge >= 0.3 is 6.18 Å². The maximum atomic E-state index is 12.7. The number of thiazole rings is 1. The van der Waals surface area contributed by atoms with Gasteiger partial charge in [0.2, 0.25) is 0 Å². The van der Waals surface area contributed by atoms with Crippen molar-refractivity contribution in [3.05, 3.63) is 50.9 Å². The minimum atomic E-state index is -4.38. The third-order valence-corrected chi connectivity index (χ3v) is 5.14. The molecule has 0 saturated carbocycles. The second-order valence-electron chi connectivity index (χ2n) is 5.34. The Morgan fingerprint density at radius 3 is 2.83 bits per heavy atom. The van der Waals surface area contributed by atoms with Gasteiger partial charge in [0, 0.05) is 48.3 Å². The average Bonchev–Trinajstić information content (AvgIpc) is 2.97. The Morgan fingerprint density at radius 1 is 1.35 bits per heavy atom. The van der Waals surface area contributed by atoms with Crippen LogP contribution in [0.15, 0.2) is 30.5 Å². The zero-order valence-corrected chi connectivity index (χ0v) is 13.7. The van der Waals surface area contributed by atoms with Gasteiger partial charge in [0.25, 0.3) is 0 Å². The van der Waals surface area contributed by atoms with Crippen LogP contribution in [0.25, 0.3) is 0 Å². The maximum Gasteiger partial charge on any atom is 0.443 e. The molecule has 1 aromatic heterocycles. The SMILES string of the molecule is FC(F)(F)c1ncc(CN2CCNCC2c2ccccc2Cl)s1. The molecule has 0 radical (unpaired) electrons. The molecule has 8 heteroatoms. The van der Waals surface area contributed by atoms with E-state index in [2.05, 4.69) is 15.2 Å². The van der Waals surface area contributed by atoms with E-state index in [4.69, 9.17) is 11.6 Å². The molecule has 1 atom stereocenters. The zero-order chi connectivity index (χ0) is 16.4.